The molecular formula is C10H19NO3. The number of aliphatic hydroxyl groups excluding tert-OH is 1. The lowest BCUT2D eigenvalue weighted by Crippen LogP contribution is -2.35. The summed E-state index contributed by atoms with van der Waals surface area (Å²) in [5.74, 6) is -0.787. The Hall–Kier alpha value is -0.610. The largest absolute Gasteiger partial charge is 0.481 e. The van der Waals surface area contributed by atoms with Crippen LogP contribution in [0.3, 0.4) is 0 Å². The summed E-state index contributed by atoms with van der Waals surface area (Å²) in [6.07, 6.45) is 4.24. The molecule has 0 bridgehead atoms. The molecule has 82 valence electrons. The zero-order valence-electron chi connectivity index (χ0n) is 8.41. The van der Waals surface area contributed by atoms with E-state index in [0.29, 0.717) is 6.04 Å². The Bertz CT molecular complexity index is 176. The van der Waals surface area contributed by atoms with Gasteiger partial charge in [-0.2, -0.15) is 0 Å². The normalized spacial score (nSPS) is 27.5. The summed E-state index contributed by atoms with van der Waals surface area (Å²) in [6, 6.07) is 0.456. The van der Waals surface area contributed by atoms with Crippen LogP contribution in [0.25, 0.3) is 0 Å². The van der Waals surface area contributed by atoms with Gasteiger partial charge in [-0.25, -0.2) is 0 Å². The Labute approximate surface area is 84.3 Å². The number of hydrogen-bond donors (Lipinski definition) is 3. The fourth-order valence-corrected chi connectivity index (χ4v) is 1.93. The summed E-state index contributed by atoms with van der Waals surface area (Å²) in [4.78, 5) is 10.7. The molecule has 0 radical (unpaired) electrons. The summed E-state index contributed by atoms with van der Waals surface area (Å²) in [7, 11) is 0. The second-order valence-corrected chi connectivity index (χ2v) is 3.92. The van der Waals surface area contributed by atoms with Gasteiger partial charge in [-0.15, -0.1) is 0 Å². The van der Waals surface area contributed by atoms with Gasteiger partial charge in [0.15, 0.2) is 0 Å². The standard InChI is InChI=1S/C10H19NO3/c12-7-1-6-11-9-4-2-8(3-5-9)10(13)14/h8-9,11-12H,1-7H2,(H,13,14). The minimum absolute atomic E-state index is 0.133. The third-order valence-corrected chi connectivity index (χ3v) is 2.84. The topological polar surface area (TPSA) is 69.6 Å². The molecule has 1 rings (SSSR count). The summed E-state index contributed by atoms with van der Waals surface area (Å²) in [6.45, 7) is 1.05. The van der Waals surface area contributed by atoms with Crippen LogP contribution in [-0.4, -0.2) is 35.4 Å². The molecule has 3 N–H and O–H groups in total. The van der Waals surface area contributed by atoms with Crippen molar-refractivity contribution in [3.63, 3.8) is 0 Å². The van der Waals surface area contributed by atoms with Crippen LogP contribution in [0.4, 0.5) is 0 Å². The van der Waals surface area contributed by atoms with E-state index in [4.69, 9.17) is 10.2 Å². The lowest BCUT2D eigenvalue weighted by Gasteiger charge is -2.26. The van der Waals surface area contributed by atoms with Gasteiger partial charge < -0.3 is 15.5 Å². The smallest absolute Gasteiger partial charge is 0.306 e. The molecule has 0 unspecified atom stereocenters. The zero-order chi connectivity index (χ0) is 10.4. The lowest BCUT2D eigenvalue weighted by atomic mass is 9.86. The third kappa shape index (κ3) is 3.64. The number of carbonyl (C=O) groups is 1. The van der Waals surface area contributed by atoms with E-state index in [9.17, 15) is 4.79 Å². The number of carboxylic acids is 1. The van der Waals surface area contributed by atoms with Crippen LogP contribution in [0.5, 0.6) is 0 Å². The second kappa shape index (κ2) is 5.98. The zero-order valence-corrected chi connectivity index (χ0v) is 8.41. The van der Waals surface area contributed by atoms with Crippen molar-refractivity contribution in [1.29, 1.82) is 0 Å². The van der Waals surface area contributed by atoms with Crippen molar-refractivity contribution < 1.29 is 15.0 Å². The number of nitrogens with one attached hydrogen (secondary N) is 1. The molecule has 0 aliphatic heterocycles. The highest BCUT2D eigenvalue weighted by Crippen LogP contribution is 2.24. The average Bonchev–Trinajstić information content (AvgIpc) is 2.19. The van der Waals surface area contributed by atoms with Crippen LogP contribution in [-0.2, 0) is 4.79 Å². The number of aliphatic hydroxyl groups is 1. The number of hydrogen-bond acceptors (Lipinski definition) is 3. The van der Waals surface area contributed by atoms with Crippen molar-refractivity contribution in [2.45, 2.75) is 38.1 Å². The molecule has 0 aromatic carbocycles. The Morgan fingerprint density at radius 2 is 1.93 bits per heavy atom. The molecular weight excluding hydrogens is 182 g/mol. The molecule has 14 heavy (non-hydrogen) atoms. The van der Waals surface area contributed by atoms with Crippen LogP contribution in [0.15, 0.2) is 0 Å². The highest BCUT2D eigenvalue weighted by atomic mass is 16.4. The SMILES string of the molecule is O=C(O)C1CCC(NCCCO)CC1. The van der Waals surface area contributed by atoms with Crippen LogP contribution < -0.4 is 5.32 Å². The number of rotatable bonds is 5. The minimum atomic E-state index is -0.654. The van der Waals surface area contributed by atoms with E-state index < -0.39 is 5.97 Å². The molecule has 0 amide bonds. The molecule has 0 heterocycles. The van der Waals surface area contributed by atoms with Crippen LogP contribution >= 0.6 is 0 Å². The Morgan fingerprint density at radius 1 is 1.29 bits per heavy atom. The van der Waals surface area contributed by atoms with Gasteiger partial charge in [-0.05, 0) is 38.6 Å². The van der Waals surface area contributed by atoms with Crippen molar-refractivity contribution in [1.82, 2.24) is 5.32 Å². The van der Waals surface area contributed by atoms with E-state index in [1.165, 1.54) is 0 Å². The average molecular weight is 201 g/mol. The summed E-state index contributed by atoms with van der Waals surface area (Å²) in [5, 5.41) is 20.7. The van der Waals surface area contributed by atoms with Gasteiger partial charge in [0.1, 0.15) is 0 Å². The highest BCUT2D eigenvalue weighted by Gasteiger charge is 2.25. The number of carboxylic acid groups (broad SMARTS) is 1. The number of aliphatic carboxylic acids is 1. The molecule has 1 aliphatic carbocycles. The van der Waals surface area contributed by atoms with Gasteiger partial charge in [0.2, 0.25) is 0 Å². The quantitative estimate of drug-likeness (QED) is 0.570. The Balaban J connectivity index is 2.12. The van der Waals surface area contributed by atoms with E-state index in [-0.39, 0.29) is 12.5 Å². The molecule has 1 fully saturated rings. The minimum Gasteiger partial charge on any atom is -0.481 e. The molecule has 1 saturated carbocycles. The van der Waals surface area contributed by atoms with E-state index in [1.54, 1.807) is 0 Å². The van der Waals surface area contributed by atoms with Gasteiger partial charge in [-0.1, -0.05) is 0 Å². The maximum Gasteiger partial charge on any atom is 0.306 e. The van der Waals surface area contributed by atoms with Crippen molar-refractivity contribution >= 4 is 5.97 Å². The van der Waals surface area contributed by atoms with E-state index >= 15 is 0 Å². The highest BCUT2D eigenvalue weighted by molar-refractivity contribution is 5.70. The van der Waals surface area contributed by atoms with Gasteiger partial charge in [0.25, 0.3) is 0 Å². The van der Waals surface area contributed by atoms with E-state index in [1.807, 2.05) is 0 Å². The first-order valence-electron chi connectivity index (χ1n) is 5.31. The fourth-order valence-electron chi connectivity index (χ4n) is 1.93. The maximum atomic E-state index is 10.7. The predicted octanol–water partition coefficient (Wildman–Crippen LogP) is 0.602. The Kier molecular flexibility index (Phi) is 4.90. The molecule has 0 spiro atoms. The van der Waals surface area contributed by atoms with Gasteiger partial charge in [0.05, 0.1) is 5.92 Å². The summed E-state index contributed by atoms with van der Waals surface area (Å²) in [5.41, 5.74) is 0. The molecule has 1 aliphatic rings. The first-order valence-corrected chi connectivity index (χ1v) is 5.31. The Morgan fingerprint density at radius 3 is 2.43 bits per heavy atom. The van der Waals surface area contributed by atoms with Crippen LogP contribution in [0.2, 0.25) is 0 Å². The molecule has 4 heteroatoms. The molecule has 0 aromatic rings. The lowest BCUT2D eigenvalue weighted by molar-refractivity contribution is -0.142. The summed E-state index contributed by atoms with van der Waals surface area (Å²) >= 11 is 0. The monoisotopic (exact) mass is 201 g/mol. The first kappa shape index (κ1) is 11.5. The van der Waals surface area contributed by atoms with E-state index in [2.05, 4.69) is 5.32 Å². The van der Waals surface area contributed by atoms with Gasteiger partial charge >= 0.3 is 5.97 Å². The molecule has 4 nitrogen and oxygen atoms in total. The van der Waals surface area contributed by atoms with Crippen molar-refractivity contribution in [3.8, 4) is 0 Å². The molecule has 0 saturated heterocycles. The fraction of sp³-hybridized carbons (Fsp3) is 0.900. The van der Waals surface area contributed by atoms with Crippen molar-refractivity contribution in [3.05, 3.63) is 0 Å². The van der Waals surface area contributed by atoms with Gasteiger partial charge in [0, 0.05) is 12.6 Å². The molecule has 0 atom stereocenters. The van der Waals surface area contributed by atoms with Crippen molar-refractivity contribution in [2.75, 3.05) is 13.2 Å². The van der Waals surface area contributed by atoms with Gasteiger partial charge in [-0.3, -0.25) is 4.79 Å². The van der Waals surface area contributed by atoms with Crippen molar-refractivity contribution in [2.24, 2.45) is 5.92 Å². The second-order valence-electron chi connectivity index (χ2n) is 3.92. The summed E-state index contributed by atoms with van der Waals surface area (Å²) < 4.78 is 0. The van der Waals surface area contributed by atoms with E-state index in [0.717, 1.165) is 38.6 Å². The third-order valence-electron chi connectivity index (χ3n) is 2.84. The molecule has 0 aromatic heterocycles. The first-order chi connectivity index (χ1) is 6.74. The maximum absolute atomic E-state index is 10.7. The van der Waals surface area contributed by atoms with Crippen LogP contribution in [0, 0.1) is 5.92 Å². The van der Waals surface area contributed by atoms with Crippen LogP contribution in [0.1, 0.15) is 32.1 Å². The predicted molar refractivity (Wildman–Crippen MR) is 53.1 cm³/mol.